The lowest BCUT2D eigenvalue weighted by molar-refractivity contribution is -0.155. The molecular weight excluding hydrogens is 468 g/mol. The summed E-state index contributed by atoms with van der Waals surface area (Å²) in [6.45, 7) is 11.8. The van der Waals surface area contributed by atoms with Crippen molar-refractivity contribution in [1.82, 2.24) is 0 Å². The zero-order valence-electron chi connectivity index (χ0n) is 23.4. The predicted molar refractivity (Wildman–Crippen MR) is 147 cm³/mol. The lowest BCUT2D eigenvalue weighted by atomic mass is 9.71. The highest BCUT2D eigenvalue weighted by molar-refractivity contribution is 5.14. The van der Waals surface area contributed by atoms with E-state index in [1.807, 2.05) is 102 Å². The molecule has 4 atom stereocenters. The maximum Gasteiger partial charge on any atom is 0.0720 e. The molecule has 37 heavy (non-hydrogen) atoms. The average Bonchev–Trinajstić information content (AvgIpc) is 2.89. The standard InChI is InChI=1S/C31H48O6/c1-29(2,21-32)25(34)17-27(36-19-23-13-9-7-10-14-23)31(5,6)28(18-26(35)30(3,4)22-33)37-20-24-15-11-8-12-16-24/h7-16,25-28,32-35H,17-22H2,1-6H3/t25-,26+,27-,28+. The molecule has 0 heterocycles. The van der Waals surface area contributed by atoms with E-state index in [1.54, 1.807) is 0 Å². The molecule has 0 aliphatic rings. The van der Waals surface area contributed by atoms with Crippen molar-refractivity contribution in [3.63, 3.8) is 0 Å². The smallest absolute Gasteiger partial charge is 0.0720 e. The maximum atomic E-state index is 11.1. The predicted octanol–water partition coefficient (Wildman–Crippen LogP) is 4.72. The van der Waals surface area contributed by atoms with Gasteiger partial charge >= 0.3 is 0 Å². The summed E-state index contributed by atoms with van der Waals surface area (Å²) in [4.78, 5) is 0. The highest BCUT2D eigenvalue weighted by Gasteiger charge is 2.44. The second kappa shape index (κ2) is 13.8. The van der Waals surface area contributed by atoms with Gasteiger partial charge in [0.05, 0.1) is 50.8 Å². The minimum Gasteiger partial charge on any atom is -0.396 e. The molecule has 0 aromatic heterocycles. The molecule has 6 nitrogen and oxygen atoms in total. The number of hydrogen-bond donors (Lipinski definition) is 4. The molecule has 0 spiro atoms. The summed E-state index contributed by atoms with van der Waals surface area (Å²) in [7, 11) is 0. The van der Waals surface area contributed by atoms with Crippen molar-refractivity contribution >= 4 is 0 Å². The minimum atomic E-state index is -0.814. The molecule has 2 aromatic carbocycles. The monoisotopic (exact) mass is 516 g/mol. The van der Waals surface area contributed by atoms with Gasteiger partial charge in [-0.25, -0.2) is 0 Å². The van der Waals surface area contributed by atoms with E-state index in [0.717, 1.165) is 11.1 Å². The fourth-order valence-corrected chi connectivity index (χ4v) is 4.18. The van der Waals surface area contributed by atoms with Crippen LogP contribution < -0.4 is 0 Å². The molecule has 0 fully saturated rings. The number of aliphatic hydroxyl groups excluding tert-OH is 4. The van der Waals surface area contributed by atoms with E-state index in [1.165, 1.54) is 0 Å². The highest BCUT2D eigenvalue weighted by Crippen LogP contribution is 2.40. The number of ether oxygens (including phenoxy) is 2. The van der Waals surface area contributed by atoms with Gasteiger partial charge < -0.3 is 29.9 Å². The fourth-order valence-electron chi connectivity index (χ4n) is 4.18. The molecule has 0 saturated heterocycles. The van der Waals surface area contributed by atoms with Gasteiger partial charge in [0.1, 0.15) is 0 Å². The van der Waals surface area contributed by atoms with Gasteiger partial charge in [0, 0.05) is 29.1 Å². The molecule has 6 heteroatoms. The van der Waals surface area contributed by atoms with E-state index < -0.39 is 40.7 Å². The lowest BCUT2D eigenvalue weighted by Gasteiger charge is -2.44. The number of aliphatic hydroxyl groups is 4. The Balaban J connectivity index is 2.37. The van der Waals surface area contributed by atoms with E-state index in [2.05, 4.69) is 0 Å². The molecule has 0 radical (unpaired) electrons. The van der Waals surface area contributed by atoms with Gasteiger partial charge in [0.2, 0.25) is 0 Å². The van der Waals surface area contributed by atoms with Gasteiger partial charge in [-0.05, 0) is 11.1 Å². The van der Waals surface area contributed by atoms with Gasteiger partial charge in [0.15, 0.2) is 0 Å². The molecule has 0 aliphatic carbocycles. The Hall–Kier alpha value is -1.80. The van der Waals surface area contributed by atoms with Crippen molar-refractivity contribution in [2.45, 2.75) is 92.0 Å². The van der Waals surface area contributed by atoms with Crippen LogP contribution in [0, 0.1) is 16.2 Å². The van der Waals surface area contributed by atoms with Crippen LogP contribution in [0.3, 0.4) is 0 Å². The Morgan fingerprint density at radius 2 is 0.919 bits per heavy atom. The summed E-state index contributed by atoms with van der Waals surface area (Å²) < 4.78 is 13.0. The van der Waals surface area contributed by atoms with Crippen LogP contribution in [0.1, 0.15) is 65.5 Å². The van der Waals surface area contributed by atoms with Crippen LogP contribution in [0.25, 0.3) is 0 Å². The van der Waals surface area contributed by atoms with Gasteiger partial charge in [-0.1, -0.05) is 102 Å². The minimum absolute atomic E-state index is 0.155. The fraction of sp³-hybridized carbons (Fsp3) is 0.613. The van der Waals surface area contributed by atoms with Gasteiger partial charge in [-0.3, -0.25) is 0 Å². The molecule has 0 saturated carbocycles. The molecule has 0 amide bonds. The van der Waals surface area contributed by atoms with Crippen molar-refractivity contribution < 1.29 is 29.9 Å². The molecule has 2 rings (SSSR count). The summed E-state index contributed by atoms with van der Waals surface area (Å²) >= 11 is 0. The van der Waals surface area contributed by atoms with Crippen LogP contribution in [0.15, 0.2) is 60.7 Å². The molecule has 0 aliphatic heterocycles. The SMILES string of the molecule is CC(C)(CO)[C@H](O)C[C@@H](OCc1ccccc1)C(C)(C)[C@H](C[C@H](O)C(C)(C)CO)OCc1ccccc1. The average molecular weight is 517 g/mol. The first-order valence-electron chi connectivity index (χ1n) is 13.2. The Kier molecular flexibility index (Phi) is 11.7. The highest BCUT2D eigenvalue weighted by atomic mass is 16.5. The van der Waals surface area contributed by atoms with Crippen LogP contribution in [0.4, 0.5) is 0 Å². The van der Waals surface area contributed by atoms with Gasteiger partial charge in [-0.15, -0.1) is 0 Å². The molecular formula is C31H48O6. The zero-order valence-corrected chi connectivity index (χ0v) is 23.4. The van der Waals surface area contributed by atoms with Crippen molar-refractivity contribution in [3.8, 4) is 0 Å². The summed E-state index contributed by atoms with van der Waals surface area (Å²) in [5.41, 5.74) is -0.0143. The van der Waals surface area contributed by atoms with Crippen LogP contribution >= 0.6 is 0 Å². The van der Waals surface area contributed by atoms with Crippen LogP contribution in [-0.4, -0.2) is 58.1 Å². The summed E-state index contributed by atoms with van der Waals surface area (Å²) in [5.74, 6) is 0. The second-order valence-electron chi connectivity index (χ2n) is 12.2. The van der Waals surface area contributed by atoms with Crippen molar-refractivity contribution in [3.05, 3.63) is 71.8 Å². The molecule has 2 aromatic rings. The third-order valence-electron chi connectivity index (χ3n) is 7.74. The third-order valence-corrected chi connectivity index (χ3v) is 7.74. The third kappa shape index (κ3) is 9.17. The topological polar surface area (TPSA) is 99.4 Å². The Morgan fingerprint density at radius 1 is 0.595 bits per heavy atom. The van der Waals surface area contributed by atoms with Crippen molar-refractivity contribution in [2.24, 2.45) is 16.2 Å². The number of hydrogen-bond acceptors (Lipinski definition) is 6. The Morgan fingerprint density at radius 3 is 1.22 bits per heavy atom. The van der Waals surface area contributed by atoms with E-state index in [0.29, 0.717) is 13.2 Å². The first-order chi connectivity index (χ1) is 17.3. The maximum absolute atomic E-state index is 11.1. The lowest BCUT2D eigenvalue weighted by Crippen LogP contribution is -2.49. The van der Waals surface area contributed by atoms with E-state index in [-0.39, 0.29) is 26.1 Å². The normalized spacial score (nSPS) is 16.3. The zero-order chi connectivity index (χ0) is 27.7. The number of rotatable bonds is 16. The van der Waals surface area contributed by atoms with Crippen LogP contribution in [0.2, 0.25) is 0 Å². The summed E-state index contributed by atoms with van der Waals surface area (Å²) in [6.07, 6.45) is -1.94. The van der Waals surface area contributed by atoms with Gasteiger partial charge in [-0.2, -0.15) is 0 Å². The molecule has 4 N–H and O–H groups in total. The first kappa shape index (κ1) is 31.4. The molecule has 0 unspecified atom stereocenters. The molecule has 208 valence electrons. The largest absolute Gasteiger partial charge is 0.396 e. The molecule has 0 bridgehead atoms. The first-order valence-corrected chi connectivity index (χ1v) is 13.2. The second-order valence-corrected chi connectivity index (χ2v) is 12.2. The van der Waals surface area contributed by atoms with Gasteiger partial charge in [0.25, 0.3) is 0 Å². The van der Waals surface area contributed by atoms with E-state index in [9.17, 15) is 20.4 Å². The summed E-state index contributed by atoms with van der Waals surface area (Å²) in [6, 6.07) is 19.7. The number of benzene rings is 2. The van der Waals surface area contributed by atoms with E-state index >= 15 is 0 Å². The van der Waals surface area contributed by atoms with E-state index in [4.69, 9.17) is 9.47 Å². The van der Waals surface area contributed by atoms with Crippen molar-refractivity contribution in [1.29, 1.82) is 0 Å². The quantitative estimate of drug-likeness (QED) is 0.258. The van der Waals surface area contributed by atoms with Crippen LogP contribution in [-0.2, 0) is 22.7 Å². The van der Waals surface area contributed by atoms with Crippen molar-refractivity contribution in [2.75, 3.05) is 13.2 Å². The Bertz CT molecular complexity index is 823. The van der Waals surface area contributed by atoms with Crippen LogP contribution in [0.5, 0.6) is 0 Å². The summed E-state index contributed by atoms with van der Waals surface area (Å²) in [5, 5.41) is 41.9. The Labute approximate surface area is 223 Å².